The molecule has 0 aromatic heterocycles. The van der Waals surface area contributed by atoms with Gasteiger partial charge in [-0.05, 0) is 75.7 Å². The number of hydrogen-bond donors (Lipinski definition) is 1. The van der Waals surface area contributed by atoms with E-state index < -0.39 is 0 Å². The van der Waals surface area contributed by atoms with Crippen molar-refractivity contribution in [2.24, 2.45) is 17.3 Å². The van der Waals surface area contributed by atoms with Crippen LogP contribution in [0.3, 0.4) is 0 Å². The molecule has 1 rings (SSSR count). The van der Waals surface area contributed by atoms with E-state index in [-0.39, 0.29) is 0 Å². The number of likely N-dealkylation sites (tertiary alicyclic amines) is 1. The zero-order valence-electron chi connectivity index (χ0n) is 14.0. The zero-order valence-corrected chi connectivity index (χ0v) is 14.0. The first-order valence-electron chi connectivity index (χ1n) is 8.32. The average Bonchev–Trinajstić information content (AvgIpc) is 2.32. The molecule has 0 spiro atoms. The molecule has 0 aromatic rings. The summed E-state index contributed by atoms with van der Waals surface area (Å²) in [6, 6.07) is 0. The van der Waals surface area contributed by atoms with Crippen LogP contribution in [-0.2, 0) is 0 Å². The Kier molecular flexibility index (Phi) is 7.38. The monoisotopic (exact) mass is 268 g/mol. The van der Waals surface area contributed by atoms with Crippen LogP contribution in [-0.4, -0.2) is 37.6 Å². The van der Waals surface area contributed by atoms with E-state index in [2.05, 4.69) is 44.8 Å². The summed E-state index contributed by atoms with van der Waals surface area (Å²) in [6.07, 6.45) is 5.47. The van der Waals surface area contributed by atoms with Crippen LogP contribution in [0.1, 0.15) is 60.3 Å². The van der Waals surface area contributed by atoms with E-state index in [1.807, 2.05) is 0 Å². The molecule has 0 aromatic carbocycles. The average molecular weight is 268 g/mol. The molecule has 1 aliphatic heterocycles. The summed E-state index contributed by atoms with van der Waals surface area (Å²) in [4.78, 5) is 2.67. The smallest absolute Gasteiger partial charge is 0.00159 e. The topological polar surface area (TPSA) is 15.3 Å². The standard InChI is InChI=1S/C17H36N2/c1-15(2)14-18-10-6-7-11-19-12-8-16(9-13-19)17(3,4)5/h15-16,18H,6-14H2,1-5H3. The first-order chi connectivity index (χ1) is 8.89. The minimum Gasteiger partial charge on any atom is -0.316 e. The van der Waals surface area contributed by atoms with Crippen molar-refractivity contribution in [2.45, 2.75) is 60.3 Å². The summed E-state index contributed by atoms with van der Waals surface area (Å²) in [5, 5.41) is 3.53. The van der Waals surface area contributed by atoms with Gasteiger partial charge in [0.25, 0.3) is 0 Å². The van der Waals surface area contributed by atoms with Crippen LogP contribution in [0.5, 0.6) is 0 Å². The largest absolute Gasteiger partial charge is 0.316 e. The molecule has 114 valence electrons. The van der Waals surface area contributed by atoms with Crippen LogP contribution in [0.4, 0.5) is 0 Å². The van der Waals surface area contributed by atoms with E-state index in [0.29, 0.717) is 5.41 Å². The number of hydrogen-bond acceptors (Lipinski definition) is 2. The molecule has 19 heavy (non-hydrogen) atoms. The van der Waals surface area contributed by atoms with Crippen molar-refractivity contribution >= 4 is 0 Å². The lowest BCUT2D eigenvalue weighted by atomic mass is 9.75. The molecule has 1 saturated heterocycles. The molecule has 0 atom stereocenters. The second-order valence-electron chi connectivity index (χ2n) is 7.79. The SMILES string of the molecule is CC(C)CNCCCCN1CCC(C(C)(C)C)CC1. The fraction of sp³-hybridized carbons (Fsp3) is 1.00. The lowest BCUT2D eigenvalue weighted by Crippen LogP contribution is -2.38. The molecule has 1 N–H and O–H groups in total. The van der Waals surface area contributed by atoms with E-state index in [0.717, 1.165) is 18.4 Å². The summed E-state index contributed by atoms with van der Waals surface area (Å²) in [6.45, 7) is 18.0. The van der Waals surface area contributed by atoms with Gasteiger partial charge in [-0.1, -0.05) is 34.6 Å². The van der Waals surface area contributed by atoms with Gasteiger partial charge < -0.3 is 10.2 Å². The summed E-state index contributed by atoms with van der Waals surface area (Å²) in [7, 11) is 0. The maximum absolute atomic E-state index is 3.53. The Labute approximate surface area is 121 Å². The molecule has 0 unspecified atom stereocenters. The fourth-order valence-electron chi connectivity index (χ4n) is 3.00. The van der Waals surface area contributed by atoms with Crippen molar-refractivity contribution in [1.82, 2.24) is 10.2 Å². The van der Waals surface area contributed by atoms with Crippen LogP contribution in [0.15, 0.2) is 0 Å². The van der Waals surface area contributed by atoms with Gasteiger partial charge in [0.2, 0.25) is 0 Å². The van der Waals surface area contributed by atoms with Gasteiger partial charge in [-0.25, -0.2) is 0 Å². The summed E-state index contributed by atoms with van der Waals surface area (Å²) >= 11 is 0. The molecule has 1 aliphatic rings. The van der Waals surface area contributed by atoms with Crippen molar-refractivity contribution in [3.05, 3.63) is 0 Å². The highest BCUT2D eigenvalue weighted by atomic mass is 15.1. The highest BCUT2D eigenvalue weighted by Crippen LogP contribution is 2.34. The molecule has 0 aliphatic carbocycles. The van der Waals surface area contributed by atoms with Gasteiger partial charge in [0.1, 0.15) is 0 Å². The minimum absolute atomic E-state index is 0.507. The van der Waals surface area contributed by atoms with Crippen molar-refractivity contribution in [2.75, 3.05) is 32.7 Å². The van der Waals surface area contributed by atoms with Crippen molar-refractivity contribution < 1.29 is 0 Å². The zero-order chi connectivity index (χ0) is 14.3. The van der Waals surface area contributed by atoms with Gasteiger partial charge in [-0.15, -0.1) is 0 Å². The Bertz CT molecular complexity index is 222. The second kappa shape index (κ2) is 8.26. The van der Waals surface area contributed by atoms with Gasteiger partial charge in [0.15, 0.2) is 0 Å². The quantitative estimate of drug-likeness (QED) is 0.707. The van der Waals surface area contributed by atoms with E-state index in [1.54, 1.807) is 0 Å². The number of piperidine rings is 1. The van der Waals surface area contributed by atoms with Crippen LogP contribution in [0.2, 0.25) is 0 Å². The molecule has 2 nitrogen and oxygen atoms in total. The third-order valence-corrected chi connectivity index (χ3v) is 4.44. The van der Waals surface area contributed by atoms with Gasteiger partial charge in [-0.2, -0.15) is 0 Å². The van der Waals surface area contributed by atoms with Crippen LogP contribution in [0, 0.1) is 17.3 Å². The Morgan fingerprint density at radius 1 is 1.11 bits per heavy atom. The van der Waals surface area contributed by atoms with E-state index >= 15 is 0 Å². The highest BCUT2D eigenvalue weighted by Gasteiger charge is 2.28. The number of nitrogens with one attached hydrogen (secondary N) is 1. The first-order valence-corrected chi connectivity index (χ1v) is 8.32. The highest BCUT2D eigenvalue weighted by molar-refractivity contribution is 4.80. The summed E-state index contributed by atoms with van der Waals surface area (Å²) in [5.41, 5.74) is 0.507. The molecule has 0 saturated carbocycles. The maximum Gasteiger partial charge on any atom is -0.00159 e. The molecule has 0 radical (unpaired) electrons. The number of nitrogens with zero attached hydrogens (tertiary/aromatic N) is 1. The second-order valence-corrected chi connectivity index (χ2v) is 7.79. The van der Waals surface area contributed by atoms with Crippen molar-refractivity contribution in [3.8, 4) is 0 Å². The van der Waals surface area contributed by atoms with E-state index in [1.165, 1.54) is 51.9 Å². The van der Waals surface area contributed by atoms with Gasteiger partial charge in [-0.3, -0.25) is 0 Å². The van der Waals surface area contributed by atoms with Crippen molar-refractivity contribution in [3.63, 3.8) is 0 Å². The Morgan fingerprint density at radius 3 is 2.26 bits per heavy atom. The fourth-order valence-corrected chi connectivity index (χ4v) is 3.00. The number of unbranched alkanes of at least 4 members (excludes halogenated alkanes) is 1. The van der Waals surface area contributed by atoms with Crippen molar-refractivity contribution in [1.29, 1.82) is 0 Å². The predicted octanol–water partition coefficient (Wildman–Crippen LogP) is 3.77. The van der Waals surface area contributed by atoms with Gasteiger partial charge in [0, 0.05) is 0 Å². The normalized spacial score (nSPS) is 19.3. The van der Waals surface area contributed by atoms with Crippen LogP contribution in [0.25, 0.3) is 0 Å². The molecule has 1 heterocycles. The Balaban J connectivity index is 2.01. The third kappa shape index (κ3) is 7.31. The predicted molar refractivity (Wildman–Crippen MR) is 85.6 cm³/mol. The van der Waals surface area contributed by atoms with Gasteiger partial charge >= 0.3 is 0 Å². The van der Waals surface area contributed by atoms with Crippen LogP contribution >= 0.6 is 0 Å². The lowest BCUT2D eigenvalue weighted by molar-refractivity contribution is 0.111. The molecule has 1 fully saturated rings. The summed E-state index contributed by atoms with van der Waals surface area (Å²) in [5.74, 6) is 1.70. The van der Waals surface area contributed by atoms with Crippen LogP contribution < -0.4 is 5.32 Å². The lowest BCUT2D eigenvalue weighted by Gasteiger charge is -2.38. The molecular formula is C17H36N2. The molecule has 0 amide bonds. The Hall–Kier alpha value is -0.0800. The third-order valence-electron chi connectivity index (χ3n) is 4.44. The first kappa shape index (κ1) is 17.0. The van der Waals surface area contributed by atoms with E-state index in [9.17, 15) is 0 Å². The number of rotatable bonds is 7. The van der Waals surface area contributed by atoms with E-state index in [4.69, 9.17) is 0 Å². The maximum atomic E-state index is 3.53. The Morgan fingerprint density at radius 2 is 1.74 bits per heavy atom. The summed E-state index contributed by atoms with van der Waals surface area (Å²) < 4.78 is 0. The molecule has 2 heteroatoms. The molecule has 0 bridgehead atoms. The molecular weight excluding hydrogens is 232 g/mol. The van der Waals surface area contributed by atoms with Gasteiger partial charge in [0.05, 0.1) is 0 Å². The minimum atomic E-state index is 0.507.